The van der Waals surface area contributed by atoms with E-state index in [4.69, 9.17) is 4.74 Å². The van der Waals surface area contributed by atoms with Gasteiger partial charge < -0.3 is 10.1 Å². The minimum atomic E-state index is -0.413. The van der Waals surface area contributed by atoms with Gasteiger partial charge in [-0.3, -0.25) is 0 Å². The second-order valence-corrected chi connectivity index (χ2v) is 3.81. The van der Waals surface area contributed by atoms with Gasteiger partial charge in [-0.25, -0.2) is 14.4 Å². The summed E-state index contributed by atoms with van der Waals surface area (Å²) in [6, 6.07) is 6.32. The average molecular weight is 247 g/mol. The first-order valence-electron chi connectivity index (χ1n) is 5.69. The van der Waals surface area contributed by atoms with E-state index in [0.29, 0.717) is 11.7 Å². The molecule has 0 bridgehead atoms. The highest BCUT2D eigenvalue weighted by atomic mass is 19.1. The van der Waals surface area contributed by atoms with Crippen LogP contribution in [0.5, 0.6) is 11.6 Å². The Kier molecular flexibility index (Phi) is 3.72. The van der Waals surface area contributed by atoms with Crippen molar-refractivity contribution in [3.63, 3.8) is 0 Å². The van der Waals surface area contributed by atoms with E-state index in [9.17, 15) is 4.39 Å². The third kappa shape index (κ3) is 2.94. The third-order valence-electron chi connectivity index (χ3n) is 2.30. The lowest BCUT2D eigenvalue weighted by atomic mass is 10.2. The number of ether oxygens (including phenoxy) is 1. The second kappa shape index (κ2) is 5.44. The number of anilines is 1. The number of nitrogens with zero attached hydrogens (tertiary/aromatic N) is 2. The van der Waals surface area contributed by atoms with E-state index in [0.717, 1.165) is 12.1 Å². The molecular formula is C13H14FN3O. The summed E-state index contributed by atoms with van der Waals surface area (Å²) in [5.41, 5.74) is 0.923. The third-order valence-corrected chi connectivity index (χ3v) is 2.30. The fourth-order valence-electron chi connectivity index (χ4n) is 1.47. The largest absolute Gasteiger partial charge is 0.436 e. The molecule has 0 aliphatic heterocycles. The first-order chi connectivity index (χ1) is 8.69. The maximum atomic E-state index is 13.5. The second-order valence-electron chi connectivity index (χ2n) is 3.81. The molecule has 0 aliphatic carbocycles. The lowest BCUT2D eigenvalue weighted by Gasteiger charge is -2.08. The van der Waals surface area contributed by atoms with Crippen LogP contribution in [0.15, 0.2) is 30.6 Å². The van der Waals surface area contributed by atoms with Crippen LogP contribution in [0.4, 0.5) is 10.2 Å². The van der Waals surface area contributed by atoms with Gasteiger partial charge in [0.05, 0.1) is 0 Å². The molecule has 0 amide bonds. The van der Waals surface area contributed by atoms with E-state index in [2.05, 4.69) is 15.3 Å². The molecule has 0 radical (unpaired) electrons. The van der Waals surface area contributed by atoms with Crippen molar-refractivity contribution < 1.29 is 9.13 Å². The fourth-order valence-corrected chi connectivity index (χ4v) is 1.47. The number of nitrogens with one attached hydrogen (secondary N) is 1. The maximum absolute atomic E-state index is 13.5. The van der Waals surface area contributed by atoms with Crippen molar-refractivity contribution in [3.8, 4) is 11.6 Å². The van der Waals surface area contributed by atoms with Crippen molar-refractivity contribution in [2.24, 2.45) is 0 Å². The van der Waals surface area contributed by atoms with Crippen LogP contribution in [-0.2, 0) is 0 Å². The summed E-state index contributed by atoms with van der Waals surface area (Å²) in [5, 5.41) is 3.03. The molecule has 1 aromatic carbocycles. The van der Waals surface area contributed by atoms with Gasteiger partial charge in [-0.1, -0.05) is 6.07 Å². The summed E-state index contributed by atoms with van der Waals surface area (Å²) in [6.45, 7) is 4.58. The monoisotopic (exact) mass is 247 g/mol. The molecule has 0 unspecified atom stereocenters. The van der Waals surface area contributed by atoms with E-state index in [1.54, 1.807) is 18.2 Å². The molecule has 5 heteroatoms. The van der Waals surface area contributed by atoms with E-state index in [1.807, 2.05) is 13.8 Å². The standard InChI is InChI=1S/C13H14FN3O/c1-3-15-12-7-13(17-8-16-12)18-11-6-9(2)4-5-10(11)14/h4-8H,3H2,1-2H3,(H,15,16,17). The number of benzene rings is 1. The van der Waals surface area contributed by atoms with Crippen molar-refractivity contribution in [1.82, 2.24) is 9.97 Å². The lowest BCUT2D eigenvalue weighted by molar-refractivity contribution is 0.426. The highest BCUT2D eigenvalue weighted by Gasteiger charge is 2.06. The van der Waals surface area contributed by atoms with Gasteiger partial charge in [0.15, 0.2) is 11.6 Å². The van der Waals surface area contributed by atoms with Crippen molar-refractivity contribution in [3.05, 3.63) is 42.0 Å². The molecule has 0 saturated carbocycles. The van der Waals surface area contributed by atoms with Crippen LogP contribution >= 0.6 is 0 Å². The highest BCUT2D eigenvalue weighted by molar-refractivity contribution is 5.39. The zero-order valence-electron chi connectivity index (χ0n) is 10.3. The van der Waals surface area contributed by atoms with Gasteiger partial charge in [0.1, 0.15) is 12.1 Å². The Labute approximate surface area is 105 Å². The highest BCUT2D eigenvalue weighted by Crippen LogP contribution is 2.24. The van der Waals surface area contributed by atoms with E-state index in [1.165, 1.54) is 12.4 Å². The molecule has 0 spiro atoms. The molecule has 4 nitrogen and oxygen atoms in total. The number of aryl methyl sites for hydroxylation is 1. The Hall–Kier alpha value is -2.17. The molecule has 1 heterocycles. The predicted molar refractivity (Wildman–Crippen MR) is 67.4 cm³/mol. The normalized spacial score (nSPS) is 10.2. The van der Waals surface area contributed by atoms with Crippen LogP contribution < -0.4 is 10.1 Å². The summed E-state index contributed by atoms with van der Waals surface area (Å²) < 4.78 is 18.9. The predicted octanol–water partition coefficient (Wildman–Crippen LogP) is 3.15. The van der Waals surface area contributed by atoms with Crippen molar-refractivity contribution in [2.75, 3.05) is 11.9 Å². The smallest absolute Gasteiger partial charge is 0.224 e. The zero-order valence-corrected chi connectivity index (χ0v) is 10.3. The van der Waals surface area contributed by atoms with E-state index in [-0.39, 0.29) is 5.75 Å². The zero-order chi connectivity index (χ0) is 13.0. The summed E-state index contributed by atoms with van der Waals surface area (Å²) in [4.78, 5) is 7.96. The molecule has 1 aromatic heterocycles. The van der Waals surface area contributed by atoms with Gasteiger partial charge in [0.25, 0.3) is 0 Å². The van der Waals surface area contributed by atoms with Gasteiger partial charge in [-0.05, 0) is 31.5 Å². The van der Waals surface area contributed by atoms with Crippen LogP contribution in [-0.4, -0.2) is 16.5 Å². The van der Waals surface area contributed by atoms with Crippen molar-refractivity contribution in [1.29, 1.82) is 0 Å². The summed E-state index contributed by atoms with van der Waals surface area (Å²) in [7, 11) is 0. The first-order valence-corrected chi connectivity index (χ1v) is 5.69. The molecular weight excluding hydrogens is 233 g/mol. The average Bonchev–Trinajstić information content (AvgIpc) is 2.35. The Morgan fingerprint density at radius 2 is 2.11 bits per heavy atom. The van der Waals surface area contributed by atoms with Crippen LogP contribution in [0.25, 0.3) is 0 Å². The summed E-state index contributed by atoms with van der Waals surface area (Å²) >= 11 is 0. The van der Waals surface area contributed by atoms with Gasteiger partial charge in [0.2, 0.25) is 5.88 Å². The first kappa shape index (κ1) is 12.3. The SMILES string of the molecule is CCNc1cc(Oc2cc(C)ccc2F)ncn1. The van der Waals surface area contributed by atoms with E-state index >= 15 is 0 Å². The van der Waals surface area contributed by atoms with Gasteiger partial charge in [-0.2, -0.15) is 0 Å². The number of hydrogen-bond donors (Lipinski definition) is 1. The van der Waals surface area contributed by atoms with Crippen molar-refractivity contribution >= 4 is 5.82 Å². The van der Waals surface area contributed by atoms with Crippen LogP contribution in [0.3, 0.4) is 0 Å². The van der Waals surface area contributed by atoms with E-state index < -0.39 is 5.82 Å². The molecule has 2 aromatic rings. The molecule has 0 fully saturated rings. The lowest BCUT2D eigenvalue weighted by Crippen LogP contribution is -2.00. The van der Waals surface area contributed by atoms with Gasteiger partial charge in [0, 0.05) is 12.6 Å². The summed E-state index contributed by atoms with van der Waals surface area (Å²) in [5.74, 6) is 0.710. The number of halogens is 1. The summed E-state index contributed by atoms with van der Waals surface area (Å²) in [6.07, 6.45) is 1.38. The fraction of sp³-hybridized carbons (Fsp3) is 0.231. The van der Waals surface area contributed by atoms with Crippen molar-refractivity contribution in [2.45, 2.75) is 13.8 Å². The minimum absolute atomic E-state index is 0.163. The molecule has 1 N–H and O–H groups in total. The van der Waals surface area contributed by atoms with Crippen LogP contribution in [0.1, 0.15) is 12.5 Å². The number of rotatable bonds is 4. The van der Waals surface area contributed by atoms with Crippen LogP contribution in [0, 0.1) is 12.7 Å². The van der Waals surface area contributed by atoms with Gasteiger partial charge in [-0.15, -0.1) is 0 Å². The molecule has 0 atom stereocenters. The minimum Gasteiger partial charge on any atom is -0.436 e. The molecule has 0 saturated heterocycles. The molecule has 0 aliphatic rings. The number of aromatic nitrogens is 2. The quantitative estimate of drug-likeness (QED) is 0.901. The molecule has 94 valence electrons. The topological polar surface area (TPSA) is 47.0 Å². The Balaban J connectivity index is 2.22. The number of hydrogen-bond acceptors (Lipinski definition) is 4. The molecule has 18 heavy (non-hydrogen) atoms. The van der Waals surface area contributed by atoms with Crippen LogP contribution in [0.2, 0.25) is 0 Å². The maximum Gasteiger partial charge on any atom is 0.224 e. The Morgan fingerprint density at radius 1 is 1.28 bits per heavy atom. The Morgan fingerprint density at radius 3 is 2.89 bits per heavy atom. The van der Waals surface area contributed by atoms with Gasteiger partial charge >= 0.3 is 0 Å². The molecule has 2 rings (SSSR count). The Bertz CT molecular complexity index is 546.